The van der Waals surface area contributed by atoms with Crippen LogP contribution >= 0.6 is 0 Å². The standard InChI is InChI=1S/C18H20N6O/c1-13-18(24-9-5-4-6-16(24)23-13)15(19-2)11-20-12-22-14-7-8-17(25-3)21-10-14/h4-11,20,22H,2,12H2,1,3H3/b15-11-. The van der Waals surface area contributed by atoms with E-state index in [0.29, 0.717) is 12.5 Å². The summed E-state index contributed by atoms with van der Waals surface area (Å²) in [6.45, 7) is 6.15. The predicted molar refractivity (Wildman–Crippen MR) is 99.9 cm³/mol. The largest absolute Gasteiger partial charge is 0.481 e. The molecule has 0 aromatic carbocycles. The minimum Gasteiger partial charge on any atom is -0.481 e. The Hall–Kier alpha value is -3.35. The average molecular weight is 336 g/mol. The first-order valence-electron chi connectivity index (χ1n) is 7.81. The molecular formula is C18H20N6O. The molecule has 0 unspecified atom stereocenters. The van der Waals surface area contributed by atoms with E-state index in [2.05, 4.69) is 32.3 Å². The van der Waals surface area contributed by atoms with Crippen LogP contribution in [0.5, 0.6) is 5.88 Å². The Balaban J connectivity index is 1.70. The zero-order chi connectivity index (χ0) is 17.6. The lowest BCUT2D eigenvalue weighted by Crippen LogP contribution is -2.17. The monoisotopic (exact) mass is 336 g/mol. The number of imidazole rings is 1. The lowest BCUT2D eigenvalue weighted by atomic mass is 10.3. The SMILES string of the molecule is C=N/C(=C\NCNc1ccc(OC)nc1)c1c(C)nc2ccccn12. The van der Waals surface area contributed by atoms with Gasteiger partial charge in [-0.05, 0) is 31.8 Å². The highest BCUT2D eigenvalue weighted by Gasteiger charge is 2.11. The molecule has 7 heteroatoms. The molecule has 0 amide bonds. The maximum Gasteiger partial charge on any atom is 0.213 e. The summed E-state index contributed by atoms with van der Waals surface area (Å²) >= 11 is 0. The first-order valence-corrected chi connectivity index (χ1v) is 7.81. The molecule has 0 saturated carbocycles. The Bertz CT molecular complexity index is 898. The number of hydrogen-bond acceptors (Lipinski definition) is 6. The van der Waals surface area contributed by atoms with Gasteiger partial charge in [-0.2, -0.15) is 0 Å². The molecule has 0 atom stereocenters. The molecule has 128 valence electrons. The molecule has 3 heterocycles. The van der Waals surface area contributed by atoms with E-state index < -0.39 is 0 Å². The first kappa shape index (κ1) is 16.5. The predicted octanol–water partition coefficient (Wildman–Crippen LogP) is 2.70. The summed E-state index contributed by atoms with van der Waals surface area (Å²) in [4.78, 5) is 12.8. The zero-order valence-corrected chi connectivity index (χ0v) is 14.2. The van der Waals surface area contributed by atoms with Crippen LogP contribution in [-0.2, 0) is 0 Å². The van der Waals surface area contributed by atoms with Gasteiger partial charge in [-0.15, -0.1) is 0 Å². The number of aromatic nitrogens is 3. The van der Waals surface area contributed by atoms with Gasteiger partial charge in [-0.25, -0.2) is 9.97 Å². The van der Waals surface area contributed by atoms with Gasteiger partial charge in [0.05, 0.1) is 37.1 Å². The zero-order valence-electron chi connectivity index (χ0n) is 14.2. The summed E-state index contributed by atoms with van der Waals surface area (Å²) in [5.41, 5.74) is 4.32. The van der Waals surface area contributed by atoms with Crippen LogP contribution in [0.25, 0.3) is 11.3 Å². The molecule has 0 radical (unpaired) electrons. The highest BCUT2D eigenvalue weighted by Crippen LogP contribution is 2.20. The fourth-order valence-corrected chi connectivity index (χ4v) is 2.52. The van der Waals surface area contributed by atoms with Gasteiger partial charge in [0, 0.05) is 18.5 Å². The summed E-state index contributed by atoms with van der Waals surface area (Å²) in [5, 5.41) is 6.40. The van der Waals surface area contributed by atoms with Crippen LogP contribution in [-0.4, -0.2) is 34.9 Å². The topological polar surface area (TPSA) is 75.8 Å². The highest BCUT2D eigenvalue weighted by molar-refractivity contribution is 5.69. The number of aliphatic imine (C=N–C) groups is 1. The van der Waals surface area contributed by atoms with Gasteiger partial charge in [0.2, 0.25) is 5.88 Å². The molecule has 0 bridgehead atoms. The summed E-state index contributed by atoms with van der Waals surface area (Å²) in [6, 6.07) is 9.59. The molecule has 3 rings (SSSR count). The van der Waals surface area contributed by atoms with Crippen molar-refractivity contribution in [3.63, 3.8) is 0 Å². The first-order chi connectivity index (χ1) is 12.2. The van der Waals surface area contributed by atoms with Gasteiger partial charge in [0.1, 0.15) is 11.3 Å². The number of aryl methyl sites for hydroxylation is 1. The number of nitrogens with zero attached hydrogens (tertiary/aromatic N) is 4. The second-order valence-electron chi connectivity index (χ2n) is 5.31. The van der Waals surface area contributed by atoms with Gasteiger partial charge in [-0.3, -0.25) is 9.39 Å². The van der Waals surface area contributed by atoms with Crippen molar-refractivity contribution in [2.45, 2.75) is 6.92 Å². The Morgan fingerprint density at radius 3 is 2.96 bits per heavy atom. The van der Waals surface area contributed by atoms with Crippen LogP contribution in [0, 0.1) is 6.92 Å². The number of fused-ring (bicyclic) bond motifs is 1. The molecule has 25 heavy (non-hydrogen) atoms. The molecule has 0 aliphatic rings. The third kappa shape index (κ3) is 3.60. The van der Waals surface area contributed by atoms with E-state index in [1.807, 2.05) is 48.0 Å². The number of rotatable bonds is 7. The Labute approximate surface area is 146 Å². The van der Waals surface area contributed by atoms with Crippen molar-refractivity contribution in [3.05, 3.63) is 60.3 Å². The molecule has 3 aromatic rings. The quantitative estimate of drug-likeness (QED) is 0.394. The van der Waals surface area contributed by atoms with Crippen molar-refractivity contribution in [1.82, 2.24) is 19.7 Å². The Morgan fingerprint density at radius 1 is 1.36 bits per heavy atom. The summed E-state index contributed by atoms with van der Waals surface area (Å²) in [5.74, 6) is 0.583. The third-order valence-corrected chi connectivity index (χ3v) is 3.70. The molecular weight excluding hydrogens is 316 g/mol. The molecule has 0 fully saturated rings. The van der Waals surface area contributed by atoms with E-state index in [9.17, 15) is 0 Å². The van der Waals surface area contributed by atoms with Gasteiger partial charge < -0.3 is 15.4 Å². The maximum atomic E-state index is 5.04. The number of methoxy groups -OCH3 is 1. The molecule has 2 N–H and O–H groups in total. The molecule has 0 saturated heterocycles. The van der Waals surface area contributed by atoms with Crippen molar-refractivity contribution in [1.29, 1.82) is 0 Å². The minimum absolute atomic E-state index is 0.517. The van der Waals surface area contributed by atoms with Gasteiger partial charge in [0.15, 0.2) is 0 Å². The fraction of sp³-hybridized carbons (Fsp3) is 0.167. The molecule has 0 aliphatic heterocycles. The van der Waals surface area contributed by atoms with Gasteiger partial charge in [-0.1, -0.05) is 6.07 Å². The van der Waals surface area contributed by atoms with E-state index in [-0.39, 0.29) is 0 Å². The van der Waals surface area contributed by atoms with Crippen LogP contribution in [0.15, 0.2) is 53.9 Å². The highest BCUT2D eigenvalue weighted by atomic mass is 16.5. The molecule has 0 spiro atoms. The smallest absolute Gasteiger partial charge is 0.213 e. The number of pyridine rings is 2. The van der Waals surface area contributed by atoms with E-state index in [1.54, 1.807) is 19.4 Å². The van der Waals surface area contributed by atoms with Gasteiger partial charge in [0.25, 0.3) is 0 Å². The third-order valence-electron chi connectivity index (χ3n) is 3.70. The number of ether oxygens (including phenoxy) is 1. The lowest BCUT2D eigenvalue weighted by Gasteiger charge is -2.08. The Morgan fingerprint density at radius 2 is 2.24 bits per heavy atom. The second-order valence-corrected chi connectivity index (χ2v) is 5.31. The Kier molecular flexibility index (Phi) is 4.94. The van der Waals surface area contributed by atoms with Crippen LogP contribution in [0.4, 0.5) is 5.69 Å². The van der Waals surface area contributed by atoms with E-state index in [4.69, 9.17) is 4.74 Å². The van der Waals surface area contributed by atoms with Crippen molar-refractivity contribution in [2.75, 3.05) is 19.1 Å². The van der Waals surface area contributed by atoms with Crippen LogP contribution < -0.4 is 15.4 Å². The summed E-state index contributed by atoms with van der Waals surface area (Å²) in [6.07, 6.45) is 5.50. The van der Waals surface area contributed by atoms with Gasteiger partial charge >= 0.3 is 0 Å². The minimum atomic E-state index is 0.517. The number of nitrogens with one attached hydrogen (secondary N) is 2. The average Bonchev–Trinajstić information content (AvgIpc) is 2.98. The number of hydrogen-bond donors (Lipinski definition) is 2. The maximum absolute atomic E-state index is 5.04. The normalized spacial score (nSPS) is 11.4. The number of anilines is 1. The second kappa shape index (κ2) is 7.48. The molecule has 7 nitrogen and oxygen atoms in total. The van der Waals surface area contributed by atoms with Crippen LogP contribution in [0.2, 0.25) is 0 Å². The molecule has 3 aromatic heterocycles. The van der Waals surface area contributed by atoms with E-state index >= 15 is 0 Å². The van der Waals surface area contributed by atoms with E-state index in [0.717, 1.165) is 28.4 Å². The summed E-state index contributed by atoms with van der Waals surface area (Å²) in [7, 11) is 1.59. The fourth-order valence-electron chi connectivity index (χ4n) is 2.52. The van der Waals surface area contributed by atoms with Crippen molar-refractivity contribution >= 4 is 23.7 Å². The van der Waals surface area contributed by atoms with Crippen LogP contribution in [0.3, 0.4) is 0 Å². The van der Waals surface area contributed by atoms with Crippen molar-refractivity contribution in [3.8, 4) is 5.88 Å². The van der Waals surface area contributed by atoms with Crippen molar-refractivity contribution < 1.29 is 4.74 Å². The van der Waals surface area contributed by atoms with E-state index in [1.165, 1.54) is 0 Å². The lowest BCUT2D eigenvalue weighted by molar-refractivity contribution is 0.398. The summed E-state index contributed by atoms with van der Waals surface area (Å²) < 4.78 is 7.04. The van der Waals surface area contributed by atoms with Crippen molar-refractivity contribution in [2.24, 2.45) is 4.99 Å². The molecule has 0 aliphatic carbocycles. The van der Waals surface area contributed by atoms with Crippen LogP contribution in [0.1, 0.15) is 11.4 Å².